The van der Waals surface area contributed by atoms with Gasteiger partial charge < -0.3 is 14.2 Å². The van der Waals surface area contributed by atoms with Gasteiger partial charge in [0.05, 0.1) is 10.6 Å². The zero-order valence-corrected chi connectivity index (χ0v) is 15.0. The monoisotopic (exact) mass is 408 g/mol. The van der Waals surface area contributed by atoms with E-state index in [1.54, 1.807) is 24.3 Å². The van der Waals surface area contributed by atoms with E-state index in [9.17, 15) is 18.8 Å². The summed E-state index contributed by atoms with van der Waals surface area (Å²) >= 11 is 5.74. The zero-order chi connectivity index (χ0) is 20.1. The van der Waals surface area contributed by atoms with Gasteiger partial charge in [-0.05, 0) is 30.3 Å². The van der Waals surface area contributed by atoms with Gasteiger partial charge in [0, 0.05) is 0 Å². The minimum atomic E-state index is -0.962. The van der Waals surface area contributed by atoms with Crippen LogP contribution in [0.15, 0.2) is 42.5 Å². The molecule has 0 radical (unpaired) electrons. The molecule has 0 aliphatic carbocycles. The molecule has 0 bridgehead atoms. The van der Waals surface area contributed by atoms with Gasteiger partial charge in [0.2, 0.25) is 6.10 Å². The summed E-state index contributed by atoms with van der Waals surface area (Å²) in [6, 6.07) is 9.96. The molecule has 2 aromatic rings. The van der Waals surface area contributed by atoms with Crippen LogP contribution in [0.4, 0.5) is 4.39 Å². The molecule has 0 saturated heterocycles. The number of halogens is 2. The molecule has 10 heteroatoms. The smallest absolute Gasteiger partial charge is 0.340 e. The molecule has 0 fully saturated rings. The van der Waals surface area contributed by atoms with Gasteiger partial charge >= 0.3 is 5.97 Å². The number of esters is 1. The number of carbonyl (C=O) groups excluding carboxylic acids is 3. The Labute approximate surface area is 163 Å². The lowest BCUT2D eigenvalue weighted by molar-refractivity contribution is -0.135. The van der Waals surface area contributed by atoms with Crippen LogP contribution in [-0.4, -0.2) is 37.1 Å². The van der Waals surface area contributed by atoms with Gasteiger partial charge in [0.15, 0.2) is 18.1 Å². The lowest BCUT2D eigenvalue weighted by Gasteiger charge is -2.25. The zero-order valence-electron chi connectivity index (χ0n) is 14.2. The highest BCUT2D eigenvalue weighted by atomic mass is 35.5. The predicted octanol–water partition coefficient (Wildman–Crippen LogP) is 1.62. The van der Waals surface area contributed by atoms with E-state index >= 15 is 0 Å². The maximum absolute atomic E-state index is 13.0. The SMILES string of the molecule is O=C(COC(=O)c1ccc(F)cc1Cl)NNC(=O)[C@H]1COc2ccccc2O1. The van der Waals surface area contributed by atoms with E-state index in [1.165, 1.54) is 0 Å². The molecule has 0 saturated carbocycles. The minimum Gasteiger partial charge on any atom is -0.485 e. The first kappa shape index (κ1) is 19.4. The first-order valence-electron chi connectivity index (χ1n) is 8.03. The molecule has 2 amide bonds. The van der Waals surface area contributed by atoms with Crippen LogP contribution in [0.2, 0.25) is 5.02 Å². The number of benzene rings is 2. The van der Waals surface area contributed by atoms with E-state index in [0.717, 1.165) is 18.2 Å². The van der Waals surface area contributed by atoms with Crippen molar-refractivity contribution < 1.29 is 33.0 Å². The standard InChI is InChI=1S/C18H14ClFN2O6/c19-12-7-10(20)5-6-11(12)18(25)27-9-16(23)21-22-17(24)15-8-26-13-3-1-2-4-14(13)28-15/h1-7,15H,8-9H2,(H,21,23)(H,22,24)/t15-/m1/s1. The summed E-state index contributed by atoms with van der Waals surface area (Å²) in [5, 5.41) is -0.145. The maximum atomic E-state index is 13.0. The molecule has 0 unspecified atom stereocenters. The molecule has 1 aliphatic rings. The second kappa shape index (κ2) is 8.57. The van der Waals surface area contributed by atoms with E-state index in [2.05, 4.69) is 10.9 Å². The fraction of sp³-hybridized carbons (Fsp3) is 0.167. The van der Waals surface area contributed by atoms with Crippen molar-refractivity contribution in [1.29, 1.82) is 0 Å². The predicted molar refractivity (Wildman–Crippen MR) is 94.3 cm³/mol. The van der Waals surface area contributed by atoms with Gasteiger partial charge in [-0.15, -0.1) is 0 Å². The summed E-state index contributed by atoms with van der Waals surface area (Å²) in [6.07, 6.45) is -0.962. The molecule has 0 spiro atoms. The average Bonchev–Trinajstić information content (AvgIpc) is 2.69. The molecule has 8 nitrogen and oxygen atoms in total. The maximum Gasteiger partial charge on any atom is 0.340 e. The summed E-state index contributed by atoms with van der Waals surface area (Å²) < 4.78 is 28.6. The first-order valence-corrected chi connectivity index (χ1v) is 8.41. The summed E-state index contributed by atoms with van der Waals surface area (Å²) in [5.74, 6) is -2.04. The van der Waals surface area contributed by atoms with Crippen LogP contribution in [0, 0.1) is 5.82 Å². The lowest BCUT2D eigenvalue weighted by atomic mass is 10.2. The van der Waals surface area contributed by atoms with Crippen LogP contribution < -0.4 is 20.3 Å². The molecule has 2 aromatic carbocycles. The van der Waals surface area contributed by atoms with Gasteiger partial charge in [-0.25, -0.2) is 9.18 Å². The third-order valence-corrected chi connectivity index (χ3v) is 3.92. The van der Waals surface area contributed by atoms with Crippen LogP contribution in [0.25, 0.3) is 0 Å². The fourth-order valence-corrected chi connectivity index (χ4v) is 2.50. The molecule has 28 heavy (non-hydrogen) atoms. The Bertz CT molecular complexity index is 923. The molecule has 146 valence electrons. The van der Waals surface area contributed by atoms with E-state index in [0.29, 0.717) is 11.5 Å². The molecule has 1 atom stereocenters. The highest BCUT2D eigenvalue weighted by Crippen LogP contribution is 2.30. The largest absolute Gasteiger partial charge is 0.485 e. The molecular formula is C18H14ClFN2O6. The van der Waals surface area contributed by atoms with E-state index in [1.807, 2.05) is 0 Å². The molecule has 1 aliphatic heterocycles. The Morgan fingerprint density at radius 2 is 1.89 bits per heavy atom. The quantitative estimate of drug-likeness (QED) is 0.588. The number of hydrogen-bond donors (Lipinski definition) is 2. The normalized spacial score (nSPS) is 14.7. The van der Waals surface area contributed by atoms with Gasteiger partial charge in [-0.1, -0.05) is 23.7 Å². The van der Waals surface area contributed by atoms with Crippen molar-refractivity contribution in [2.45, 2.75) is 6.10 Å². The highest BCUT2D eigenvalue weighted by molar-refractivity contribution is 6.33. The first-order chi connectivity index (χ1) is 13.4. The van der Waals surface area contributed by atoms with Crippen LogP contribution in [0.5, 0.6) is 11.5 Å². The van der Waals surface area contributed by atoms with Crippen molar-refractivity contribution in [3.63, 3.8) is 0 Å². The molecule has 2 N–H and O–H groups in total. The Kier molecular flexibility index (Phi) is 5.95. The van der Waals surface area contributed by atoms with Crippen LogP contribution in [0.3, 0.4) is 0 Å². The number of amides is 2. The minimum absolute atomic E-state index is 0.0310. The van der Waals surface area contributed by atoms with Crippen molar-refractivity contribution in [3.8, 4) is 11.5 Å². The van der Waals surface area contributed by atoms with Gasteiger partial charge in [0.25, 0.3) is 11.8 Å². The third kappa shape index (κ3) is 4.68. The van der Waals surface area contributed by atoms with Crippen molar-refractivity contribution in [2.24, 2.45) is 0 Å². The van der Waals surface area contributed by atoms with Crippen LogP contribution in [0.1, 0.15) is 10.4 Å². The molecule has 1 heterocycles. The Morgan fingerprint density at radius 3 is 2.64 bits per heavy atom. The number of fused-ring (bicyclic) bond motifs is 1. The number of hydrazine groups is 1. The fourth-order valence-electron chi connectivity index (χ4n) is 2.26. The van der Waals surface area contributed by atoms with Gasteiger partial charge in [0.1, 0.15) is 12.4 Å². The Hall–Kier alpha value is -3.33. The van der Waals surface area contributed by atoms with Gasteiger partial charge in [-0.3, -0.25) is 20.4 Å². The average molecular weight is 409 g/mol. The topological polar surface area (TPSA) is 103 Å². The number of carbonyl (C=O) groups is 3. The summed E-state index contributed by atoms with van der Waals surface area (Å²) in [7, 11) is 0. The summed E-state index contributed by atoms with van der Waals surface area (Å²) in [4.78, 5) is 35.6. The van der Waals surface area contributed by atoms with Crippen molar-refractivity contribution in [2.75, 3.05) is 13.2 Å². The second-order valence-corrected chi connectivity index (χ2v) is 6.01. The summed E-state index contributed by atoms with van der Waals surface area (Å²) in [5.41, 5.74) is 4.15. The number of ether oxygens (including phenoxy) is 3. The third-order valence-electron chi connectivity index (χ3n) is 3.61. The molecular weight excluding hydrogens is 395 g/mol. The number of nitrogens with one attached hydrogen (secondary N) is 2. The van der Waals surface area contributed by atoms with Crippen molar-refractivity contribution >= 4 is 29.4 Å². The van der Waals surface area contributed by atoms with Crippen molar-refractivity contribution in [1.82, 2.24) is 10.9 Å². The number of rotatable bonds is 4. The number of para-hydroxylation sites is 2. The lowest BCUT2D eigenvalue weighted by Crippen LogP contribution is -2.51. The molecule has 0 aromatic heterocycles. The van der Waals surface area contributed by atoms with Crippen LogP contribution >= 0.6 is 11.6 Å². The molecule has 3 rings (SSSR count). The van der Waals surface area contributed by atoms with Gasteiger partial charge in [-0.2, -0.15) is 0 Å². The van der Waals surface area contributed by atoms with E-state index in [-0.39, 0.29) is 17.2 Å². The Balaban J connectivity index is 1.44. The summed E-state index contributed by atoms with van der Waals surface area (Å²) in [6.45, 7) is -0.714. The van der Waals surface area contributed by atoms with Crippen molar-refractivity contribution in [3.05, 3.63) is 58.9 Å². The highest BCUT2D eigenvalue weighted by Gasteiger charge is 2.27. The van der Waals surface area contributed by atoms with E-state index in [4.69, 9.17) is 25.8 Å². The Morgan fingerprint density at radius 1 is 1.14 bits per heavy atom. The second-order valence-electron chi connectivity index (χ2n) is 5.60. The van der Waals surface area contributed by atoms with E-state index < -0.39 is 36.3 Å². The number of hydrogen-bond acceptors (Lipinski definition) is 6. The van der Waals surface area contributed by atoms with Crippen LogP contribution in [-0.2, 0) is 14.3 Å².